The third-order valence-electron chi connectivity index (χ3n) is 4.02. The van der Waals surface area contributed by atoms with E-state index in [1.54, 1.807) is 0 Å². The number of nitrogens with zero attached hydrogens (tertiary/aromatic N) is 2. The van der Waals surface area contributed by atoms with Crippen molar-refractivity contribution in [3.63, 3.8) is 0 Å². The van der Waals surface area contributed by atoms with Gasteiger partial charge in [-0.1, -0.05) is 31.3 Å². The third-order valence-corrected chi connectivity index (χ3v) is 4.02. The average molecular weight is 251 g/mol. The summed E-state index contributed by atoms with van der Waals surface area (Å²) in [5.74, 6) is 2.43. The number of aryl methyl sites for hydroxylation is 1. The molecule has 0 aromatic carbocycles. The summed E-state index contributed by atoms with van der Waals surface area (Å²) in [4.78, 5) is 4.22. The lowest BCUT2D eigenvalue weighted by atomic mass is 9.98. The van der Waals surface area contributed by atoms with Gasteiger partial charge < -0.3 is 9.84 Å². The van der Waals surface area contributed by atoms with E-state index in [0.717, 1.165) is 24.7 Å². The number of hydrogen-bond donors (Lipinski definition) is 1. The van der Waals surface area contributed by atoms with Gasteiger partial charge in [0.2, 0.25) is 5.89 Å². The van der Waals surface area contributed by atoms with E-state index in [0.29, 0.717) is 11.9 Å². The van der Waals surface area contributed by atoms with Crippen LogP contribution in [0.3, 0.4) is 0 Å². The molecule has 2 unspecified atom stereocenters. The van der Waals surface area contributed by atoms with Crippen molar-refractivity contribution in [2.45, 2.75) is 64.8 Å². The molecule has 18 heavy (non-hydrogen) atoms. The van der Waals surface area contributed by atoms with Crippen LogP contribution in [0.2, 0.25) is 0 Å². The summed E-state index contributed by atoms with van der Waals surface area (Å²) >= 11 is 0. The van der Waals surface area contributed by atoms with E-state index in [1.807, 2.05) is 6.92 Å². The molecule has 1 saturated carbocycles. The summed E-state index contributed by atoms with van der Waals surface area (Å²) in [7, 11) is 0. The molecule has 1 aliphatic rings. The Morgan fingerprint density at radius 2 is 2.17 bits per heavy atom. The lowest BCUT2D eigenvalue weighted by Crippen LogP contribution is -2.30. The van der Waals surface area contributed by atoms with E-state index in [9.17, 15) is 0 Å². The van der Waals surface area contributed by atoms with Crippen molar-refractivity contribution in [3.8, 4) is 0 Å². The summed E-state index contributed by atoms with van der Waals surface area (Å²) < 4.78 is 4.97. The molecule has 4 nitrogen and oxygen atoms in total. The fraction of sp³-hybridized carbons (Fsp3) is 0.857. The summed E-state index contributed by atoms with van der Waals surface area (Å²) in [6.07, 6.45) is 9.02. The standard InChI is InChI=1S/C14H25N3O/c1-3-12-5-4-6-13(8-7-12)15-10-9-14-16-11(2)18-17-14/h12-13,15H,3-10H2,1-2H3. The van der Waals surface area contributed by atoms with E-state index >= 15 is 0 Å². The van der Waals surface area contributed by atoms with Gasteiger partial charge in [0.05, 0.1) is 0 Å². The largest absolute Gasteiger partial charge is 0.340 e. The minimum atomic E-state index is 0.658. The van der Waals surface area contributed by atoms with Gasteiger partial charge in [-0.2, -0.15) is 4.98 Å². The number of rotatable bonds is 5. The third kappa shape index (κ3) is 4.09. The molecule has 2 rings (SSSR count). The fourth-order valence-electron chi connectivity index (χ4n) is 2.82. The SMILES string of the molecule is CCC1CCCC(NCCc2noc(C)n2)CC1. The number of hydrogen-bond acceptors (Lipinski definition) is 4. The van der Waals surface area contributed by atoms with Crippen LogP contribution in [0.15, 0.2) is 4.52 Å². The van der Waals surface area contributed by atoms with Crippen molar-refractivity contribution in [2.75, 3.05) is 6.54 Å². The van der Waals surface area contributed by atoms with Crippen LogP contribution in [-0.4, -0.2) is 22.7 Å². The summed E-state index contributed by atoms with van der Waals surface area (Å²) in [5, 5.41) is 7.56. The topological polar surface area (TPSA) is 51.0 Å². The van der Waals surface area contributed by atoms with Gasteiger partial charge in [-0.05, 0) is 25.2 Å². The van der Waals surface area contributed by atoms with Crippen LogP contribution in [0.4, 0.5) is 0 Å². The van der Waals surface area contributed by atoms with Gasteiger partial charge in [0.1, 0.15) is 0 Å². The molecule has 1 fully saturated rings. The monoisotopic (exact) mass is 251 g/mol. The van der Waals surface area contributed by atoms with Crippen LogP contribution < -0.4 is 5.32 Å². The molecule has 0 spiro atoms. The Labute approximate surface area is 110 Å². The second-order valence-corrected chi connectivity index (χ2v) is 5.41. The molecule has 1 heterocycles. The number of nitrogens with one attached hydrogen (secondary N) is 1. The highest BCUT2D eigenvalue weighted by Crippen LogP contribution is 2.25. The second kappa shape index (κ2) is 6.88. The Morgan fingerprint density at radius 3 is 2.89 bits per heavy atom. The van der Waals surface area contributed by atoms with Crippen molar-refractivity contribution in [1.82, 2.24) is 15.5 Å². The molecule has 0 saturated heterocycles. The fourth-order valence-corrected chi connectivity index (χ4v) is 2.82. The normalized spacial score (nSPS) is 25.0. The predicted octanol–water partition coefficient (Wildman–Crippen LogP) is 2.87. The molecule has 1 aliphatic carbocycles. The Kier molecular flexibility index (Phi) is 5.17. The van der Waals surface area contributed by atoms with E-state index < -0.39 is 0 Å². The Balaban J connectivity index is 1.67. The first kappa shape index (κ1) is 13.5. The first-order chi connectivity index (χ1) is 8.78. The molecule has 102 valence electrons. The quantitative estimate of drug-likeness (QED) is 0.818. The Morgan fingerprint density at radius 1 is 1.28 bits per heavy atom. The summed E-state index contributed by atoms with van der Waals surface area (Å²) in [5.41, 5.74) is 0. The van der Waals surface area contributed by atoms with Gasteiger partial charge in [-0.15, -0.1) is 0 Å². The van der Waals surface area contributed by atoms with Crippen molar-refractivity contribution in [1.29, 1.82) is 0 Å². The van der Waals surface area contributed by atoms with Gasteiger partial charge in [0.15, 0.2) is 5.82 Å². The lowest BCUT2D eigenvalue weighted by Gasteiger charge is -2.15. The van der Waals surface area contributed by atoms with Crippen molar-refractivity contribution >= 4 is 0 Å². The van der Waals surface area contributed by atoms with Crippen LogP contribution in [-0.2, 0) is 6.42 Å². The zero-order chi connectivity index (χ0) is 12.8. The van der Waals surface area contributed by atoms with Gasteiger partial charge in [-0.3, -0.25) is 0 Å². The zero-order valence-electron chi connectivity index (χ0n) is 11.6. The van der Waals surface area contributed by atoms with E-state index in [4.69, 9.17) is 4.52 Å². The smallest absolute Gasteiger partial charge is 0.223 e. The van der Waals surface area contributed by atoms with Crippen molar-refractivity contribution in [2.24, 2.45) is 5.92 Å². The second-order valence-electron chi connectivity index (χ2n) is 5.41. The molecule has 1 N–H and O–H groups in total. The first-order valence-electron chi connectivity index (χ1n) is 7.30. The molecule has 4 heteroatoms. The maximum absolute atomic E-state index is 4.97. The maximum atomic E-state index is 4.97. The molecule has 0 amide bonds. The van der Waals surface area contributed by atoms with Gasteiger partial charge in [0, 0.05) is 25.9 Å². The Bertz CT molecular complexity index is 351. The molecule has 1 aromatic rings. The molecule has 0 radical (unpaired) electrons. The first-order valence-corrected chi connectivity index (χ1v) is 7.30. The van der Waals surface area contributed by atoms with Gasteiger partial charge in [-0.25, -0.2) is 0 Å². The van der Waals surface area contributed by atoms with Crippen LogP contribution in [0.1, 0.15) is 57.2 Å². The Hall–Kier alpha value is -0.900. The highest BCUT2D eigenvalue weighted by atomic mass is 16.5. The van der Waals surface area contributed by atoms with E-state index in [1.165, 1.54) is 38.5 Å². The van der Waals surface area contributed by atoms with Crippen molar-refractivity contribution < 1.29 is 4.52 Å². The zero-order valence-corrected chi connectivity index (χ0v) is 11.6. The number of aromatic nitrogens is 2. The lowest BCUT2D eigenvalue weighted by molar-refractivity contribution is 0.385. The van der Waals surface area contributed by atoms with Crippen molar-refractivity contribution in [3.05, 3.63) is 11.7 Å². The van der Waals surface area contributed by atoms with Crippen LogP contribution >= 0.6 is 0 Å². The maximum Gasteiger partial charge on any atom is 0.223 e. The highest BCUT2D eigenvalue weighted by molar-refractivity contribution is 4.85. The molecular weight excluding hydrogens is 226 g/mol. The summed E-state index contributed by atoms with van der Waals surface area (Å²) in [6, 6.07) is 0.689. The average Bonchev–Trinajstić information content (AvgIpc) is 2.65. The van der Waals surface area contributed by atoms with Gasteiger partial charge >= 0.3 is 0 Å². The minimum absolute atomic E-state index is 0.658. The molecule has 0 bridgehead atoms. The van der Waals surface area contributed by atoms with Crippen LogP contribution in [0, 0.1) is 12.8 Å². The summed E-state index contributed by atoms with van der Waals surface area (Å²) in [6.45, 7) is 5.11. The molecule has 1 aromatic heterocycles. The van der Waals surface area contributed by atoms with Crippen LogP contribution in [0.25, 0.3) is 0 Å². The van der Waals surface area contributed by atoms with Gasteiger partial charge in [0.25, 0.3) is 0 Å². The van der Waals surface area contributed by atoms with Crippen LogP contribution in [0.5, 0.6) is 0 Å². The molecular formula is C14H25N3O. The van der Waals surface area contributed by atoms with E-state index in [2.05, 4.69) is 22.4 Å². The minimum Gasteiger partial charge on any atom is -0.340 e. The van der Waals surface area contributed by atoms with E-state index in [-0.39, 0.29) is 0 Å². The molecule has 0 aliphatic heterocycles. The molecule has 2 atom stereocenters. The highest BCUT2D eigenvalue weighted by Gasteiger charge is 2.17. The predicted molar refractivity (Wildman–Crippen MR) is 71.4 cm³/mol.